The number of aliphatic carboxylic acids is 3. The van der Waals surface area contributed by atoms with Gasteiger partial charge in [-0.1, -0.05) is 0 Å². The number of carboxylic acid groups (broad SMARTS) is 3. The molecule has 0 fully saturated rings. The fraction of sp³-hybridized carbons (Fsp3) is 0.842. The maximum absolute atomic E-state index is 11.2. The quantitative estimate of drug-likeness (QED) is 0.0945. The summed E-state index contributed by atoms with van der Waals surface area (Å²) in [6.07, 6.45) is -0.260. The molecule has 0 bridgehead atoms. The molecule has 0 heterocycles. The third kappa shape index (κ3) is 15.0. The summed E-state index contributed by atoms with van der Waals surface area (Å²) in [5.74, 6) is -3.91. The molecule has 0 saturated carbocycles. The molecule has 13 heteroatoms. The maximum Gasteiger partial charge on any atom is 0.317 e. The van der Waals surface area contributed by atoms with Gasteiger partial charge in [0.15, 0.2) is 0 Å². The minimum absolute atomic E-state index is 0.222. The fourth-order valence-electron chi connectivity index (χ4n) is 3.25. The van der Waals surface area contributed by atoms with E-state index in [1.165, 1.54) is 0 Å². The van der Waals surface area contributed by atoms with Crippen LogP contribution in [-0.4, -0.2) is 143 Å². The van der Waals surface area contributed by atoms with Crippen LogP contribution in [0.25, 0.3) is 0 Å². The summed E-state index contributed by atoms with van der Waals surface area (Å²) >= 11 is 0. The molecule has 0 unspecified atom stereocenters. The molecule has 7 N–H and O–H groups in total. The predicted molar refractivity (Wildman–Crippen MR) is 112 cm³/mol. The molecule has 0 spiro atoms. The van der Waals surface area contributed by atoms with Gasteiger partial charge < -0.3 is 41.2 Å². The Hall–Kier alpha value is -1.87. The summed E-state index contributed by atoms with van der Waals surface area (Å²) in [5, 5.41) is 57.1. The number of hydrogen-bond donors (Lipinski definition) is 6. The van der Waals surface area contributed by atoms with E-state index in [2.05, 4.69) is 0 Å². The van der Waals surface area contributed by atoms with Crippen molar-refractivity contribution in [3.8, 4) is 0 Å². The van der Waals surface area contributed by atoms with Gasteiger partial charge in [0.05, 0.1) is 31.8 Å². The van der Waals surface area contributed by atoms with Gasteiger partial charge in [-0.25, -0.2) is 0 Å². The van der Waals surface area contributed by atoms with Crippen molar-refractivity contribution in [2.45, 2.75) is 18.9 Å². The number of aliphatic hydroxyl groups is 3. The first-order chi connectivity index (χ1) is 15.1. The van der Waals surface area contributed by atoms with Gasteiger partial charge in [0.1, 0.15) is 0 Å². The van der Waals surface area contributed by atoms with Crippen molar-refractivity contribution in [3.05, 3.63) is 0 Å². The van der Waals surface area contributed by atoms with Gasteiger partial charge in [0, 0.05) is 58.3 Å². The van der Waals surface area contributed by atoms with E-state index in [0.717, 1.165) is 0 Å². The first kappa shape index (κ1) is 30.1. The third-order valence-electron chi connectivity index (χ3n) is 5.00. The monoisotopic (exact) mass is 465 g/mol. The smallest absolute Gasteiger partial charge is 0.317 e. The first-order valence-corrected chi connectivity index (χ1v) is 10.5. The van der Waals surface area contributed by atoms with E-state index in [0.29, 0.717) is 25.9 Å². The number of carboxylic acids is 3. The molecule has 188 valence electrons. The van der Waals surface area contributed by atoms with Gasteiger partial charge in [-0.3, -0.25) is 24.3 Å². The molecule has 0 aromatic carbocycles. The second-order valence-corrected chi connectivity index (χ2v) is 7.61. The van der Waals surface area contributed by atoms with E-state index in [4.69, 9.17) is 21.1 Å². The number of hydrogen-bond acceptors (Lipinski definition) is 11. The van der Waals surface area contributed by atoms with Crippen LogP contribution in [0.5, 0.6) is 0 Å². The SMILES string of the molecule is NCCN(CCN(CCN(CCC[C@H](CO)[C@H](O)CO)CC(=O)[O-])CC(=O)O)CC(=O)O. The minimum atomic E-state index is -1.29. The maximum atomic E-state index is 11.2. The summed E-state index contributed by atoms with van der Waals surface area (Å²) in [4.78, 5) is 38.0. The molecule has 0 aromatic rings. The summed E-state index contributed by atoms with van der Waals surface area (Å²) in [7, 11) is 0. The van der Waals surface area contributed by atoms with Gasteiger partial charge in [0.2, 0.25) is 0 Å². The van der Waals surface area contributed by atoms with Crippen molar-refractivity contribution in [1.29, 1.82) is 0 Å². The van der Waals surface area contributed by atoms with E-state index in [9.17, 15) is 29.7 Å². The first-order valence-electron chi connectivity index (χ1n) is 10.5. The number of carbonyl (C=O) groups excluding carboxylic acids is 1. The van der Waals surface area contributed by atoms with Crippen LogP contribution in [0.1, 0.15) is 12.8 Å². The summed E-state index contributed by atoms with van der Waals surface area (Å²) in [6, 6.07) is 0. The predicted octanol–water partition coefficient (Wildman–Crippen LogP) is -4.49. The highest BCUT2D eigenvalue weighted by Gasteiger charge is 2.19. The van der Waals surface area contributed by atoms with Crippen LogP contribution < -0.4 is 10.8 Å². The molecule has 0 rings (SSSR count). The Morgan fingerprint density at radius 2 is 1.25 bits per heavy atom. The number of nitrogens with two attached hydrogens (primary N) is 1. The van der Waals surface area contributed by atoms with E-state index in [-0.39, 0.29) is 59.0 Å². The minimum Gasteiger partial charge on any atom is -0.549 e. The van der Waals surface area contributed by atoms with Crippen LogP contribution in [-0.2, 0) is 14.4 Å². The Balaban J connectivity index is 4.85. The van der Waals surface area contributed by atoms with E-state index in [1.54, 1.807) is 14.7 Å². The van der Waals surface area contributed by atoms with Crippen LogP contribution in [0, 0.1) is 5.92 Å². The number of aliphatic hydroxyl groups excluding tert-OH is 3. The molecule has 0 aliphatic heterocycles. The van der Waals surface area contributed by atoms with Crippen molar-refractivity contribution in [2.75, 3.05) is 78.7 Å². The molecule has 0 aliphatic carbocycles. The average molecular weight is 466 g/mol. The molecule has 0 amide bonds. The molecule has 0 aromatic heterocycles. The van der Waals surface area contributed by atoms with Crippen molar-refractivity contribution >= 4 is 17.9 Å². The largest absolute Gasteiger partial charge is 0.549 e. The lowest BCUT2D eigenvalue weighted by molar-refractivity contribution is -0.306. The number of nitrogens with zero attached hydrogens (tertiary/aromatic N) is 3. The van der Waals surface area contributed by atoms with E-state index in [1.807, 2.05) is 0 Å². The van der Waals surface area contributed by atoms with E-state index < -0.39 is 36.5 Å². The number of carbonyl (C=O) groups is 3. The molecular weight excluding hydrogens is 428 g/mol. The van der Waals surface area contributed by atoms with Crippen LogP contribution in [0.4, 0.5) is 0 Å². The van der Waals surface area contributed by atoms with Crippen LogP contribution in [0.15, 0.2) is 0 Å². The molecule has 0 radical (unpaired) electrons. The Morgan fingerprint density at radius 1 is 0.781 bits per heavy atom. The molecule has 2 atom stereocenters. The van der Waals surface area contributed by atoms with Crippen molar-refractivity contribution in [3.63, 3.8) is 0 Å². The highest BCUT2D eigenvalue weighted by molar-refractivity contribution is 5.69. The molecule has 0 saturated heterocycles. The summed E-state index contributed by atoms with van der Waals surface area (Å²) in [5.41, 5.74) is 5.49. The van der Waals surface area contributed by atoms with Gasteiger partial charge in [-0.2, -0.15) is 0 Å². The highest BCUT2D eigenvalue weighted by Crippen LogP contribution is 2.11. The number of rotatable bonds is 21. The van der Waals surface area contributed by atoms with Gasteiger partial charge in [0.25, 0.3) is 0 Å². The van der Waals surface area contributed by atoms with Crippen LogP contribution >= 0.6 is 0 Å². The van der Waals surface area contributed by atoms with Crippen LogP contribution in [0.3, 0.4) is 0 Å². The van der Waals surface area contributed by atoms with E-state index >= 15 is 0 Å². The standard InChI is InChI=1S/C19H38N4O9/c20-3-5-22(11-18(29)30)7-9-23(12-19(31)32)8-6-21(10-17(27)28)4-1-2-15(13-24)16(26)14-25/h15-16,24-26H,1-14,20H2,(H,27,28)(H,29,30)(H,31,32)/p-1/t15-,16-/m1/s1. The van der Waals surface area contributed by atoms with Gasteiger partial charge in [-0.05, 0) is 19.4 Å². The Labute approximate surface area is 187 Å². The zero-order chi connectivity index (χ0) is 24.5. The molecule has 0 aliphatic rings. The van der Waals surface area contributed by atoms with Gasteiger partial charge in [-0.15, -0.1) is 0 Å². The summed E-state index contributed by atoms with van der Waals surface area (Å²) in [6.45, 7) is 0.219. The normalized spacial score (nSPS) is 13.6. The fourth-order valence-corrected chi connectivity index (χ4v) is 3.25. The zero-order valence-electron chi connectivity index (χ0n) is 18.3. The summed E-state index contributed by atoms with van der Waals surface area (Å²) < 4.78 is 0. The lowest BCUT2D eigenvalue weighted by Gasteiger charge is -2.29. The topological polar surface area (TPSA) is 211 Å². The van der Waals surface area contributed by atoms with Crippen molar-refractivity contribution in [1.82, 2.24) is 14.7 Å². The second kappa shape index (κ2) is 17.7. The Morgan fingerprint density at radius 3 is 1.62 bits per heavy atom. The third-order valence-corrected chi connectivity index (χ3v) is 5.00. The lowest BCUT2D eigenvalue weighted by atomic mass is 9.98. The van der Waals surface area contributed by atoms with Crippen molar-refractivity contribution < 1.29 is 45.0 Å². The molecule has 13 nitrogen and oxygen atoms in total. The van der Waals surface area contributed by atoms with Crippen LogP contribution in [0.2, 0.25) is 0 Å². The average Bonchev–Trinajstić information content (AvgIpc) is 2.71. The molecular formula is C19H37N4O9-. The van der Waals surface area contributed by atoms with Crippen molar-refractivity contribution in [2.24, 2.45) is 11.7 Å². The highest BCUT2D eigenvalue weighted by atomic mass is 16.4. The lowest BCUT2D eigenvalue weighted by Crippen LogP contribution is -2.46. The zero-order valence-corrected chi connectivity index (χ0v) is 18.3. The van der Waals surface area contributed by atoms with Gasteiger partial charge >= 0.3 is 11.9 Å². The Kier molecular flexibility index (Phi) is 16.6. The molecule has 32 heavy (non-hydrogen) atoms. The second-order valence-electron chi connectivity index (χ2n) is 7.61. The Bertz CT molecular complexity index is 553.